The molecule has 0 saturated heterocycles. The molecule has 0 radical (unpaired) electrons. The van der Waals surface area contributed by atoms with Gasteiger partial charge in [0.05, 0.1) is 12.2 Å². The predicted octanol–water partition coefficient (Wildman–Crippen LogP) is 3.11. The molecule has 174 valence electrons. The molecule has 5 N–H and O–H groups in total. The number of rotatable bonds is 9. The van der Waals surface area contributed by atoms with E-state index in [4.69, 9.17) is 20.9 Å². The zero-order chi connectivity index (χ0) is 23.4. The number of halogens is 1. The Labute approximate surface area is 191 Å². The van der Waals surface area contributed by atoms with Crippen molar-refractivity contribution >= 4 is 28.9 Å². The zero-order valence-corrected chi connectivity index (χ0v) is 18.4. The maximum atomic E-state index is 13.8. The first kappa shape index (κ1) is 22.9. The van der Waals surface area contributed by atoms with Crippen molar-refractivity contribution in [3.63, 3.8) is 0 Å². The molecular formula is C25H28FN3O4. The molecule has 0 spiro atoms. The molecule has 2 aromatic rings. The van der Waals surface area contributed by atoms with Crippen LogP contribution in [0.4, 0.5) is 10.1 Å². The highest BCUT2D eigenvalue weighted by molar-refractivity contribution is 6.36. The molecule has 1 amide bonds. The summed E-state index contributed by atoms with van der Waals surface area (Å²) in [4.78, 5) is 24.5. The monoisotopic (exact) mass is 453 g/mol. The van der Waals surface area contributed by atoms with Crippen LogP contribution in [0.3, 0.4) is 0 Å². The van der Waals surface area contributed by atoms with Gasteiger partial charge in [-0.1, -0.05) is 24.6 Å². The summed E-state index contributed by atoms with van der Waals surface area (Å²) < 4.78 is 24.9. The quantitative estimate of drug-likeness (QED) is 0.305. The molecule has 0 aliphatic carbocycles. The van der Waals surface area contributed by atoms with Gasteiger partial charge in [-0.25, -0.2) is 4.39 Å². The number of esters is 1. The number of ether oxygens (including phenoxy) is 2. The van der Waals surface area contributed by atoms with E-state index in [9.17, 15) is 14.0 Å². The molecule has 0 bridgehead atoms. The summed E-state index contributed by atoms with van der Waals surface area (Å²) >= 11 is 0. The van der Waals surface area contributed by atoms with Crippen molar-refractivity contribution in [3.8, 4) is 0 Å². The number of fused-ring (bicyclic) bond motifs is 2. The van der Waals surface area contributed by atoms with Crippen molar-refractivity contribution in [2.24, 2.45) is 11.5 Å². The lowest BCUT2D eigenvalue weighted by atomic mass is 9.98. The summed E-state index contributed by atoms with van der Waals surface area (Å²) in [5.74, 6) is -0.618. The minimum atomic E-state index is -0.605. The zero-order valence-electron chi connectivity index (χ0n) is 18.4. The average molecular weight is 454 g/mol. The minimum absolute atomic E-state index is 0.300. The third kappa shape index (κ3) is 5.07. The second-order valence-electron chi connectivity index (χ2n) is 8.29. The van der Waals surface area contributed by atoms with Gasteiger partial charge in [-0.3, -0.25) is 9.59 Å². The third-order valence-corrected chi connectivity index (χ3v) is 5.87. The number of anilines is 1. The molecule has 0 fully saturated rings. The first-order chi connectivity index (χ1) is 16.0. The van der Waals surface area contributed by atoms with Crippen molar-refractivity contribution in [2.75, 3.05) is 18.5 Å². The van der Waals surface area contributed by atoms with Gasteiger partial charge >= 0.3 is 5.97 Å². The second-order valence-corrected chi connectivity index (χ2v) is 8.29. The number of amides is 1. The van der Waals surface area contributed by atoms with E-state index in [1.807, 2.05) is 18.2 Å². The number of aryl methyl sites for hydroxylation is 1. The second kappa shape index (κ2) is 10.1. The van der Waals surface area contributed by atoms with Gasteiger partial charge in [0.15, 0.2) is 0 Å². The molecule has 0 aromatic heterocycles. The molecule has 2 aliphatic heterocycles. The summed E-state index contributed by atoms with van der Waals surface area (Å²) in [5.41, 5.74) is 15.6. The SMILES string of the molecule is NCCCCC(N)C(=O)OCCCc1ccc2c(c1)COC2=C1C(=O)Nc2ccc(F)cc21. The van der Waals surface area contributed by atoms with Crippen molar-refractivity contribution < 1.29 is 23.5 Å². The summed E-state index contributed by atoms with van der Waals surface area (Å²) in [6.07, 6.45) is 3.63. The molecule has 33 heavy (non-hydrogen) atoms. The molecule has 8 heteroatoms. The van der Waals surface area contributed by atoms with Crippen molar-refractivity contribution in [1.29, 1.82) is 0 Å². The van der Waals surface area contributed by atoms with Crippen LogP contribution in [0.2, 0.25) is 0 Å². The van der Waals surface area contributed by atoms with E-state index in [1.54, 1.807) is 6.07 Å². The van der Waals surface area contributed by atoms with Gasteiger partial charge < -0.3 is 26.3 Å². The number of benzene rings is 2. The molecular weight excluding hydrogens is 425 g/mol. The first-order valence-electron chi connectivity index (χ1n) is 11.2. The predicted molar refractivity (Wildman–Crippen MR) is 123 cm³/mol. The van der Waals surface area contributed by atoms with Gasteiger partial charge in [0.1, 0.15) is 24.2 Å². The maximum absolute atomic E-state index is 13.8. The lowest BCUT2D eigenvalue weighted by Gasteiger charge is -2.11. The van der Waals surface area contributed by atoms with E-state index in [0.717, 1.165) is 36.0 Å². The van der Waals surface area contributed by atoms with E-state index in [0.29, 0.717) is 55.2 Å². The fourth-order valence-electron chi connectivity index (χ4n) is 4.13. The van der Waals surface area contributed by atoms with Crippen LogP contribution in [0.1, 0.15) is 47.9 Å². The van der Waals surface area contributed by atoms with Gasteiger partial charge in [0.2, 0.25) is 0 Å². The highest BCUT2D eigenvalue weighted by atomic mass is 19.1. The Morgan fingerprint density at radius 2 is 2.00 bits per heavy atom. The van der Waals surface area contributed by atoms with Crippen molar-refractivity contribution in [3.05, 3.63) is 64.5 Å². The number of unbranched alkanes of at least 4 members (excludes halogenated alkanes) is 1. The van der Waals surface area contributed by atoms with Crippen LogP contribution in [0.5, 0.6) is 0 Å². The van der Waals surface area contributed by atoms with Gasteiger partial charge in [-0.05, 0) is 56.0 Å². The Morgan fingerprint density at radius 3 is 2.82 bits per heavy atom. The average Bonchev–Trinajstić information content (AvgIpc) is 3.35. The fraction of sp³-hybridized carbons (Fsp3) is 0.360. The molecule has 2 aromatic carbocycles. The maximum Gasteiger partial charge on any atom is 0.322 e. The summed E-state index contributed by atoms with van der Waals surface area (Å²) in [6, 6.07) is 9.52. The van der Waals surface area contributed by atoms with Gasteiger partial charge in [0, 0.05) is 22.4 Å². The largest absolute Gasteiger partial charge is 0.487 e. The van der Waals surface area contributed by atoms with E-state index >= 15 is 0 Å². The summed E-state index contributed by atoms with van der Waals surface area (Å²) in [5, 5.41) is 2.76. The fourth-order valence-corrected chi connectivity index (χ4v) is 4.13. The van der Waals surface area contributed by atoms with Crippen LogP contribution >= 0.6 is 0 Å². The van der Waals surface area contributed by atoms with E-state index in [2.05, 4.69) is 5.32 Å². The van der Waals surface area contributed by atoms with Crippen molar-refractivity contribution in [1.82, 2.24) is 0 Å². The van der Waals surface area contributed by atoms with Gasteiger partial charge in [0.25, 0.3) is 5.91 Å². The Hall–Kier alpha value is -3.23. The standard InChI is InChI=1S/C25H28FN3O4/c26-17-7-9-21-19(13-17)22(24(30)29-21)23-18-8-6-15(12-16(18)14-33-23)4-3-11-32-25(31)20(28)5-1-2-10-27/h6-9,12-13,20H,1-5,10-11,14,27-28H2,(H,29,30). The number of carbonyl (C=O) groups excluding carboxylic acids is 2. The van der Waals surface area contributed by atoms with Crippen LogP contribution in [-0.4, -0.2) is 31.1 Å². The molecule has 0 saturated carbocycles. The van der Waals surface area contributed by atoms with Crippen LogP contribution in [0.15, 0.2) is 36.4 Å². The van der Waals surface area contributed by atoms with Gasteiger partial charge in [-0.2, -0.15) is 0 Å². The van der Waals surface area contributed by atoms with Crippen LogP contribution in [-0.2, 0) is 32.1 Å². The molecule has 7 nitrogen and oxygen atoms in total. The van der Waals surface area contributed by atoms with Crippen LogP contribution < -0.4 is 16.8 Å². The summed E-state index contributed by atoms with van der Waals surface area (Å²) in [7, 11) is 0. The number of nitrogens with one attached hydrogen (secondary N) is 1. The molecule has 1 atom stereocenters. The number of nitrogens with two attached hydrogens (primary N) is 2. The Kier molecular flexibility index (Phi) is 7.05. The Balaban J connectivity index is 1.37. The molecule has 1 unspecified atom stereocenters. The highest BCUT2D eigenvalue weighted by Gasteiger charge is 2.32. The lowest BCUT2D eigenvalue weighted by Crippen LogP contribution is -2.32. The topological polar surface area (TPSA) is 117 Å². The third-order valence-electron chi connectivity index (χ3n) is 5.87. The highest BCUT2D eigenvalue weighted by Crippen LogP contribution is 2.41. The normalized spacial score (nSPS) is 17.2. The number of carbonyl (C=O) groups is 2. The van der Waals surface area contributed by atoms with Gasteiger partial charge in [-0.15, -0.1) is 0 Å². The Morgan fingerprint density at radius 1 is 1.15 bits per heavy atom. The minimum Gasteiger partial charge on any atom is -0.487 e. The molecule has 2 aliphatic rings. The van der Waals surface area contributed by atoms with Crippen LogP contribution in [0, 0.1) is 5.82 Å². The van der Waals surface area contributed by atoms with E-state index in [1.165, 1.54) is 12.1 Å². The number of hydrogen-bond acceptors (Lipinski definition) is 6. The molecule has 2 heterocycles. The van der Waals surface area contributed by atoms with Crippen molar-refractivity contribution in [2.45, 2.75) is 44.8 Å². The van der Waals surface area contributed by atoms with Crippen LogP contribution in [0.25, 0.3) is 11.3 Å². The smallest absolute Gasteiger partial charge is 0.322 e. The molecule has 4 rings (SSSR count). The lowest BCUT2D eigenvalue weighted by molar-refractivity contribution is -0.145. The first-order valence-corrected chi connectivity index (χ1v) is 11.2. The summed E-state index contributed by atoms with van der Waals surface area (Å²) in [6.45, 7) is 1.23. The number of hydrogen-bond donors (Lipinski definition) is 3. The van der Waals surface area contributed by atoms with E-state index in [-0.39, 0.29) is 11.9 Å². The van der Waals surface area contributed by atoms with E-state index < -0.39 is 11.9 Å². The Bertz CT molecular complexity index is 1100.